The number of fused-ring (bicyclic) bond motifs is 1. The summed E-state index contributed by atoms with van der Waals surface area (Å²) in [5, 5.41) is 4.56. The number of carbonyl (C=O) groups excluding carboxylic acids is 1. The lowest BCUT2D eigenvalue weighted by atomic mass is 9.91. The van der Waals surface area contributed by atoms with Gasteiger partial charge in [-0.3, -0.25) is 9.78 Å². The number of carbonyl (C=O) groups is 1. The quantitative estimate of drug-likeness (QED) is 0.823. The molecule has 3 heterocycles. The van der Waals surface area contributed by atoms with Gasteiger partial charge in [-0.15, -0.1) is 0 Å². The number of rotatable bonds is 5. The minimum Gasteiger partial charge on any atom is -0.379 e. The van der Waals surface area contributed by atoms with E-state index in [1.165, 1.54) is 36.6 Å². The molecule has 1 amide bonds. The van der Waals surface area contributed by atoms with E-state index in [4.69, 9.17) is 4.74 Å². The summed E-state index contributed by atoms with van der Waals surface area (Å²) in [6.07, 6.45) is 10.2. The molecular weight excluding hydrogens is 374 g/mol. The fourth-order valence-corrected chi connectivity index (χ4v) is 5.67. The van der Waals surface area contributed by atoms with Gasteiger partial charge in [0.2, 0.25) is 5.91 Å². The van der Waals surface area contributed by atoms with Gasteiger partial charge in [-0.05, 0) is 62.9 Å². The van der Waals surface area contributed by atoms with Crippen LogP contribution in [-0.4, -0.2) is 54.2 Å². The predicted octanol–water partition coefficient (Wildman–Crippen LogP) is 3.56. The standard InChI is InChI=1S/C25H33N3O2/c29-25(18-10-13-28(14-11-18)21-5-1-2-6-21)27-24-17-30-16-20(24)15-19-9-12-26-23-8-4-3-7-22(19)23/h3-4,7-9,12,18,20-21,24H,1-2,5-6,10-11,13-17H2,(H,27,29)/t20-,24-/m1/s1. The SMILES string of the molecule is O=C(N[C@@H]1COC[C@H]1Cc1ccnc2ccccc12)C1CCN(C2CCCC2)CC1. The molecule has 0 bridgehead atoms. The number of benzene rings is 1. The first-order chi connectivity index (χ1) is 14.8. The van der Waals surface area contributed by atoms with Crippen LogP contribution in [0.2, 0.25) is 0 Å². The van der Waals surface area contributed by atoms with E-state index in [2.05, 4.69) is 39.5 Å². The van der Waals surface area contributed by atoms with Crippen molar-refractivity contribution in [1.82, 2.24) is 15.2 Å². The van der Waals surface area contributed by atoms with E-state index < -0.39 is 0 Å². The maximum atomic E-state index is 13.0. The van der Waals surface area contributed by atoms with Crippen molar-refractivity contribution in [2.75, 3.05) is 26.3 Å². The van der Waals surface area contributed by atoms with Gasteiger partial charge in [0.15, 0.2) is 0 Å². The normalized spacial score (nSPS) is 26.4. The van der Waals surface area contributed by atoms with Crippen molar-refractivity contribution in [3.63, 3.8) is 0 Å². The van der Waals surface area contributed by atoms with Crippen molar-refractivity contribution in [2.45, 2.75) is 57.0 Å². The summed E-state index contributed by atoms with van der Waals surface area (Å²) in [6, 6.07) is 11.3. The Balaban J connectivity index is 1.18. The lowest BCUT2D eigenvalue weighted by Gasteiger charge is -2.36. The van der Waals surface area contributed by atoms with Crippen molar-refractivity contribution in [3.05, 3.63) is 42.1 Å². The van der Waals surface area contributed by atoms with Crippen LogP contribution < -0.4 is 5.32 Å². The van der Waals surface area contributed by atoms with Gasteiger partial charge < -0.3 is 15.0 Å². The van der Waals surface area contributed by atoms with Crippen LogP contribution in [0, 0.1) is 11.8 Å². The molecule has 1 saturated carbocycles. The van der Waals surface area contributed by atoms with E-state index in [1.54, 1.807) is 0 Å². The number of pyridine rings is 1. The number of amides is 1. The summed E-state index contributed by atoms with van der Waals surface area (Å²) in [5.74, 6) is 0.713. The third kappa shape index (κ3) is 4.23. The van der Waals surface area contributed by atoms with Crippen LogP contribution in [-0.2, 0) is 16.0 Å². The van der Waals surface area contributed by atoms with Gasteiger partial charge in [-0.25, -0.2) is 0 Å². The Kier molecular flexibility index (Phi) is 6.00. The van der Waals surface area contributed by atoms with E-state index in [0.29, 0.717) is 19.1 Å². The Hall–Kier alpha value is -1.98. The molecule has 0 radical (unpaired) electrons. The maximum absolute atomic E-state index is 13.0. The molecule has 5 heteroatoms. The zero-order valence-electron chi connectivity index (χ0n) is 17.8. The van der Waals surface area contributed by atoms with Gasteiger partial charge in [0.25, 0.3) is 0 Å². The minimum absolute atomic E-state index is 0.109. The molecule has 2 saturated heterocycles. The summed E-state index contributed by atoms with van der Waals surface area (Å²) < 4.78 is 5.79. The number of nitrogens with zero attached hydrogens (tertiary/aromatic N) is 2. The molecule has 1 N–H and O–H groups in total. The van der Waals surface area contributed by atoms with E-state index >= 15 is 0 Å². The fraction of sp³-hybridized carbons (Fsp3) is 0.600. The van der Waals surface area contributed by atoms with Gasteiger partial charge in [-0.2, -0.15) is 0 Å². The molecule has 2 atom stereocenters. The number of ether oxygens (including phenoxy) is 1. The monoisotopic (exact) mass is 407 g/mol. The third-order valence-electron chi connectivity index (χ3n) is 7.49. The van der Waals surface area contributed by atoms with Crippen molar-refractivity contribution < 1.29 is 9.53 Å². The molecule has 1 aromatic carbocycles. The number of likely N-dealkylation sites (tertiary alicyclic amines) is 1. The van der Waals surface area contributed by atoms with Crippen LogP contribution >= 0.6 is 0 Å². The molecule has 2 aromatic rings. The van der Waals surface area contributed by atoms with Crippen molar-refractivity contribution in [1.29, 1.82) is 0 Å². The zero-order chi connectivity index (χ0) is 20.3. The lowest BCUT2D eigenvalue weighted by molar-refractivity contribution is -0.127. The van der Waals surface area contributed by atoms with Crippen LogP contribution in [0.15, 0.2) is 36.5 Å². The van der Waals surface area contributed by atoms with E-state index in [-0.39, 0.29) is 17.9 Å². The molecule has 5 rings (SSSR count). The topological polar surface area (TPSA) is 54.5 Å². The first kappa shape index (κ1) is 20.0. The number of hydrogen-bond donors (Lipinski definition) is 1. The summed E-state index contributed by atoms with van der Waals surface area (Å²) in [6.45, 7) is 3.49. The summed E-state index contributed by atoms with van der Waals surface area (Å²) in [4.78, 5) is 20.1. The molecular formula is C25H33N3O2. The van der Waals surface area contributed by atoms with Gasteiger partial charge in [0, 0.05) is 29.5 Å². The molecule has 0 unspecified atom stereocenters. The molecule has 5 nitrogen and oxygen atoms in total. The van der Waals surface area contributed by atoms with Crippen LogP contribution in [0.1, 0.15) is 44.1 Å². The first-order valence-corrected chi connectivity index (χ1v) is 11.7. The summed E-state index contributed by atoms with van der Waals surface area (Å²) in [7, 11) is 0. The van der Waals surface area contributed by atoms with Crippen molar-refractivity contribution >= 4 is 16.8 Å². The number of para-hydroxylation sites is 1. The second-order valence-electron chi connectivity index (χ2n) is 9.35. The smallest absolute Gasteiger partial charge is 0.223 e. The first-order valence-electron chi connectivity index (χ1n) is 11.7. The number of aromatic nitrogens is 1. The Bertz CT molecular complexity index is 866. The lowest BCUT2D eigenvalue weighted by Crippen LogP contribution is -2.47. The minimum atomic E-state index is 0.109. The largest absolute Gasteiger partial charge is 0.379 e. The zero-order valence-corrected chi connectivity index (χ0v) is 17.8. The van der Waals surface area contributed by atoms with Crippen LogP contribution in [0.25, 0.3) is 10.9 Å². The Morgan fingerprint density at radius 2 is 1.87 bits per heavy atom. The van der Waals surface area contributed by atoms with Crippen LogP contribution in [0.5, 0.6) is 0 Å². The molecule has 1 aromatic heterocycles. The number of nitrogens with one attached hydrogen (secondary N) is 1. The van der Waals surface area contributed by atoms with E-state index in [9.17, 15) is 4.79 Å². The molecule has 160 valence electrons. The molecule has 30 heavy (non-hydrogen) atoms. The van der Waals surface area contributed by atoms with E-state index in [0.717, 1.165) is 43.9 Å². The van der Waals surface area contributed by atoms with Gasteiger partial charge >= 0.3 is 0 Å². The Morgan fingerprint density at radius 3 is 2.70 bits per heavy atom. The predicted molar refractivity (Wildman–Crippen MR) is 118 cm³/mol. The molecule has 0 spiro atoms. The van der Waals surface area contributed by atoms with Crippen molar-refractivity contribution in [3.8, 4) is 0 Å². The highest BCUT2D eigenvalue weighted by Gasteiger charge is 2.34. The average molecular weight is 408 g/mol. The highest BCUT2D eigenvalue weighted by Crippen LogP contribution is 2.29. The summed E-state index contributed by atoms with van der Waals surface area (Å²) >= 11 is 0. The highest BCUT2D eigenvalue weighted by molar-refractivity contribution is 5.82. The molecule has 2 aliphatic heterocycles. The average Bonchev–Trinajstić information content (AvgIpc) is 3.47. The molecule has 3 fully saturated rings. The van der Waals surface area contributed by atoms with Gasteiger partial charge in [-0.1, -0.05) is 31.0 Å². The van der Waals surface area contributed by atoms with Crippen molar-refractivity contribution in [2.24, 2.45) is 11.8 Å². The molecule has 3 aliphatic rings. The Labute approximate surface area is 179 Å². The fourth-order valence-electron chi connectivity index (χ4n) is 5.67. The van der Waals surface area contributed by atoms with Gasteiger partial charge in [0.05, 0.1) is 24.8 Å². The third-order valence-corrected chi connectivity index (χ3v) is 7.49. The second kappa shape index (κ2) is 9.03. The number of hydrogen-bond acceptors (Lipinski definition) is 4. The van der Waals surface area contributed by atoms with Crippen LogP contribution in [0.3, 0.4) is 0 Å². The van der Waals surface area contributed by atoms with Gasteiger partial charge in [0.1, 0.15) is 0 Å². The maximum Gasteiger partial charge on any atom is 0.223 e. The number of piperidine rings is 1. The summed E-state index contributed by atoms with van der Waals surface area (Å²) in [5.41, 5.74) is 2.32. The van der Waals surface area contributed by atoms with E-state index in [1.807, 2.05) is 12.3 Å². The highest BCUT2D eigenvalue weighted by atomic mass is 16.5. The van der Waals surface area contributed by atoms with Crippen LogP contribution in [0.4, 0.5) is 0 Å². The molecule has 1 aliphatic carbocycles. The second-order valence-corrected chi connectivity index (χ2v) is 9.35. The Morgan fingerprint density at radius 1 is 1.07 bits per heavy atom.